The lowest BCUT2D eigenvalue weighted by atomic mass is 10.1. The van der Waals surface area contributed by atoms with E-state index >= 15 is 0 Å². The summed E-state index contributed by atoms with van der Waals surface area (Å²) in [4.78, 5) is 27.2. The molecule has 1 aromatic carbocycles. The van der Waals surface area contributed by atoms with Crippen molar-refractivity contribution in [3.8, 4) is 0 Å². The number of methoxy groups -OCH3 is 1. The Labute approximate surface area is 175 Å². The number of quaternary nitrogens is 1. The van der Waals surface area contributed by atoms with Crippen LogP contribution >= 0.6 is 0 Å². The van der Waals surface area contributed by atoms with E-state index in [1.54, 1.807) is 24.5 Å². The topological polar surface area (TPSA) is 88.2 Å². The molecule has 2 amide bonds. The molecule has 3 N–H and O–H groups in total. The molecule has 9 heteroatoms. The van der Waals surface area contributed by atoms with E-state index in [4.69, 9.17) is 9.15 Å². The SMILES string of the molecule is COCCNC(=O)C(=O)NC[C@@H](c1ccco1)[NH+]1CCN(c2ccccc2F)CC1. The summed E-state index contributed by atoms with van der Waals surface area (Å²) in [6, 6.07) is 10.3. The molecule has 2 aromatic rings. The van der Waals surface area contributed by atoms with Crippen molar-refractivity contribution >= 4 is 17.5 Å². The van der Waals surface area contributed by atoms with Gasteiger partial charge in [-0.25, -0.2) is 4.39 Å². The molecule has 0 aliphatic carbocycles. The van der Waals surface area contributed by atoms with Crippen LogP contribution in [-0.4, -0.2) is 64.8 Å². The molecule has 1 atom stereocenters. The fourth-order valence-electron chi connectivity index (χ4n) is 3.65. The molecular formula is C21H28FN4O4+. The van der Waals surface area contributed by atoms with Crippen molar-refractivity contribution < 1.29 is 28.0 Å². The Morgan fingerprint density at radius 1 is 1.17 bits per heavy atom. The van der Waals surface area contributed by atoms with Crippen LogP contribution in [0.4, 0.5) is 10.1 Å². The number of rotatable bonds is 8. The van der Waals surface area contributed by atoms with Crippen LogP contribution in [0.2, 0.25) is 0 Å². The van der Waals surface area contributed by atoms with Crippen LogP contribution in [0.5, 0.6) is 0 Å². The summed E-state index contributed by atoms with van der Waals surface area (Å²) in [6.45, 7) is 3.72. The number of hydrogen-bond acceptors (Lipinski definition) is 5. The number of anilines is 1. The average Bonchev–Trinajstić information content (AvgIpc) is 3.29. The van der Waals surface area contributed by atoms with E-state index in [0.717, 1.165) is 18.8 Å². The standard InChI is InChI=1S/C21H27FN4O4/c1-29-14-8-23-20(27)21(28)24-15-18(19-7-4-13-30-19)26-11-9-25(10-12-26)17-6-3-2-5-16(17)22/h2-7,13,18H,8-12,14-15H2,1H3,(H,23,27)(H,24,28)/p+1/t18-/m0/s1. The maximum Gasteiger partial charge on any atom is 0.309 e. The minimum atomic E-state index is -0.690. The third-order valence-corrected chi connectivity index (χ3v) is 5.24. The number of nitrogens with zero attached hydrogens (tertiary/aromatic N) is 1. The van der Waals surface area contributed by atoms with Gasteiger partial charge < -0.3 is 29.6 Å². The van der Waals surface area contributed by atoms with Crippen molar-refractivity contribution in [3.63, 3.8) is 0 Å². The van der Waals surface area contributed by atoms with Gasteiger partial charge in [-0.1, -0.05) is 12.1 Å². The quantitative estimate of drug-likeness (QED) is 0.406. The highest BCUT2D eigenvalue weighted by Gasteiger charge is 2.32. The van der Waals surface area contributed by atoms with E-state index in [2.05, 4.69) is 10.6 Å². The lowest BCUT2D eigenvalue weighted by molar-refractivity contribution is -0.932. The van der Waals surface area contributed by atoms with Gasteiger partial charge in [-0.3, -0.25) is 9.59 Å². The Morgan fingerprint density at radius 3 is 2.57 bits per heavy atom. The average molecular weight is 419 g/mol. The third-order valence-electron chi connectivity index (χ3n) is 5.24. The number of amides is 2. The van der Waals surface area contributed by atoms with Gasteiger partial charge in [-0.2, -0.15) is 0 Å². The Balaban J connectivity index is 1.58. The van der Waals surface area contributed by atoms with E-state index in [-0.39, 0.29) is 24.9 Å². The first-order valence-corrected chi connectivity index (χ1v) is 10.0. The minimum Gasteiger partial charge on any atom is -0.463 e. The van der Waals surface area contributed by atoms with Gasteiger partial charge >= 0.3 is 11.8 Å². The minimum absolute atomic E-state index is 0.140. The summed E-state index contributed by atoms with van der Waals surface area (Å²) in [5.41, 5.74) is 0.604. The van der Waals surface area contributed by atoms with Crippen LogP contribution in [0.25, 0.3) is 0 Å². The number of nitrogens with one attached hydrogen (secondary N) is 3. The lowest BCUT2D eigenvalue weighted by Gasteiger charge is -2.37. The monoisotopic (exact) mass is 419 g/mol. The van der Waals surface area contributed by atoms with Gasteiger partial charge in [-0.15, -0.1) is 0 Å². The molecule has 0 radical (unpaired) electrons. The van der Waals surface area contributed by atoms with E-state index in [0.29, 0.717) is 25.4 Å². The highest BCUT2D eigenvalue weighted by Crippen LogP contribution is 2.19. The first-order chi connectivity index (χ1) is 14.6. The van der Waals surface area contributed by atoms with Crippen molar-refractivity contribution in [1.29, 1.82) is 0 Å². The smallest absolute Gasteiger partial charge is 0.309 e. The van der Waals surface area contributed by atoms with Crippen LogP contribution in [0.1, 0.15) is 11.8 Å². The Morgan fingerprint density at radius 2 is 1.90 bits per heavy atom. The van der Waals surface area contributed by atoms with Crippen molar-refractivity contribution in [1.82, 2.24) is 10.6 Å². The van der Waals surface area contributed by atoms with Crippen molar-refractivity contribution in [3.05, 3.63) is 54.2 Å². The second kappa shape index (κ2) is 10.7. The van der Waals surface area contributed by atoms with Crippen LogP contribution in [0, 0.1) is 5.82 Å². The summed E-state index contributed by atoms with van der Waals surface area (Å²) in [5, 5.41) is 5.20. The molecule has 1 fully saturated rings. The van der Waals surface area contributed by atoms with E-state index in [1.165, 1.54) is 18.1 Å². The Kier molecular flexibility index (Phi) is 7.81. The first kappa shape index (κ1) is 21.8. The van der Waals surface area contributed by atoms with Gasteiger partial charge in [-0.05, 0) is 24.3 Å². The van der Waals surface area contributed by atoms with Gasteiger partial charge in [0.05, 0.1) is 51.3 Å². The predicted molar refractivity (Wildman–Crippen MR) is 109 cm³/mol. The molecule has 30 heavy (non-hydrogen) atoms. The van der Waals surface area contributed by atoms with Gasteiger partial charge in [0.25, 0.3) is 0 Å². The van der Waals surface area contributed by atoms with Gasteiger partial charge in [0.15, 0.2) is 11.8 Å². The van der Waals surface area contributed by atoms with Crippen molar-refractivity contribution in [2.24, 2.45) is 0 Å². The number of hydrogen-bond donors (Lipinski definition) is 3. The molecule has 1 saturated heterocycles. The summed E-state index contributed by atoms with van der Waals surface area (Å²) in [6.07, 6.45) is 1.59. The molecular weight excluding hydrogens is 391 g/mol. The zero-order valence-electron chi connectivity index (χ0n) is 17.0. The number of ether oxygens (including phenoxy) is 1. The number of para-hydroxylation sites is 1. The van der Waals surface area contributed by atoms with Gasteiger partial charge in [0, 0.05) is 13.7 Å². The molecule has 162 valence electrons. The number of piperazine rings is 1. The van der Waals surface area contributed by atoms with Crippen LogP contribution in [0.15, 0.2) is 47.1 Å². The molecule has 0 unspecified atom stereocenters. The number of furan rings is 1. The van der Waals surface area contributed by atoms with E-state index < -0.39 is 11.8 Å². The molecule has 0 bridgehead atoms. The fraction of sp³-hybridized carbons (Fsp3) is 0.429. The molecule has 0 saturated carbocycles. The molecule has 1 aliphatic heterocycles. The molecule has 0 spiro atoms. The third kappa shape index (κ3) is 5.58. The van der Waals surface area contributed by atoms with Crippen LogP contribution in [-0.2, 0) is 14.3 Å². The normalized spacial score (nSPS) is 15.6. The number of benzene rings is 1. The predicted octanol–water partition coefficient (Wildman–Crippen LogP) is -0.256. The summed E-state index contributed by atoms with van der Waals surface area (Å²) in [5.74, 6) is -0.864. The number of halogens is 1. The summed E-state index contributed by atoms with van der Waals surface area (Å²) < 4.78 is 24.5. The van der Waals surface area contributed by atoms with Crippen molar-refractivity contribution in [2.75, 3.05) is 57.9 Å². The summed E-state index contributed by atoms with van der Waals surface area (Å²) in [7, 11) is 1.52. The molecule has 8 nitrogen and oxygen atoms in total. The molecule has 1 aromatic heterocycles. The lowest BCUT2D eigenvalue weighted by Crippen LogP contribution is -3.15. The van der Waals surface area contributed by atoms with Crippen molar-refractivity contribution in [2.45, 2.75) is 6.04 Å². The number of carbonyl (C=O) groups is 2. The van der Waals surface area contributed by atoms with E-state index in [9.17, 15) is 14.0 Å². The second-order valence-electron chi connectivity index (χ2n) is 7.12. The Bertz CT molecular complexity index is 822. The van der Waals surface area contributed by atoms with Gasteiger partial charge in [0.1, 0.15) is 5.82 Å². The van der Waals surface area contributed by atoms with Gasteiger partial charge in [0.2, 0.25) is 0 Å². The van der Waals surface area contributed by atoms with Crippen LogP contribution in [0.3, 0.4) is 0 Å². The second-order valence-corrected chi connectivity index (χ2v) is 7.12. The number of carbonyl (C=O) groups excluding carboxylic acids is 2. The molecule has 1 aliphatic rings. The fourth-order valence-corrected chi connectivity index (χ4v) is 3.65. The highest BCUT2D eigenvalue weighted by atomic mass is 19.1. The van der Waals surface area contributed by atoms with E-state index in [1.807, 2.05) is 17.0 Å². The summed E-state index contributed by atoms with van der Waals surface area (Å²) >= 11 is 0. The highest BCUT2D eigenvalue weighted by molar-refractivity contribution is 6.35. The first-order valence-electron chi connectivity index (χ1n) is 10.0. The molecule has 2 heterocycles. The maximum atomic E-state index is 14.1. The molecule has 3 rings (SSSR count). The Hall–Kier alpha value is -2.91. The zero-order valence-corrected chi connectivity index (χ0v) is 17.0. The largest absolute Gasteiger partial charge is 0.463 e. The maximum absolute atomic E-state index is 14.1. The zero-order chi connectivity index (χ0) is 21.3. The van der Waals surface area contributed by atoms with Crippen LogP contribution < -0.4 is 20.4 Å².